The minimum atomic E-state index is 0.266. The molecule has 0 heterocycles. The van der Waals surface area contributed by atoms with Crippen molar-refractivity contribution in [3.63, 3.8) is 0 Å². The fraction of sp³-hybridized carbons (Fsp3) is 0.941. The van der Waals surface area contributed by atoms with Crippen molar-refractivity contribution in [2.45, 2.75) is 91.9 Å². The van der Waals surface area contributed by atoms with Gasteiger partial charge in [0.2, 0.25) is 0 Å². The first-order chi connectivity index (χ1) is 8.67. The summed E-state index contributed by atoms with van der Waals surface area (Å²) in [7, 11) is 0. The van der Waals surface area contributed by atoms with Crippen LogP contribution in [-0.4, -0.2) is 5.78 Å². The predicted molar refractivity (Wildman–Crippen MR) is 80.9 cm³/mol. The summed E-state index contributed by atoms with van der Waals surface area (Å²) in [5.74, 6) is 1.15. The lowest BCUT2D eigenvalue weighted by Gasteiger charge is -2.19. The summed E-state index contributed by atoms with van der Waals surface area (Å²) in [6.07, 6.45) is 12.2. The van der Waals surface area contributed by atoms with Crippen LogP contribution in [0.25, 0.3) is 0 Å². The molecule has 0 radical (unpaired) electrons. The van der Waals surface area contributed by atoms with Crippen molar-refractivity contribution in [3.8, 4) is 0 Å². The van der Waals surface area contributed by atoms with Gasteiger partial charge >= 0.3 is 0 Å². The van der Waals surface area contributed by atoms with Crippen molar-refractivity contribution in [1.82, 2.24) is 0 Å². The summed E-state index contributed by atoms with van der Waals surface area (Å²) in [4.78, 5) is 12.3. The Kier molecular flexibility index (Phi) is 11.5. The molecule has 0 N–H and O–H groups in total. The second-order valence-corrected chi connectivity index (χ2v) is 5.75. The summed E-state index contributed by atoms with van der Waals surface area (Å²) in [5.41, 5.74) is 0. The van der Waals surface area contributed by atoms with Gasteiger partial charge in [-0.25, -0.2) is 0 Å². The van der Waals surface area contributed by atoms with Crippen molar-refractivity contribution in [2.24, 2.45) is 11.8 Å². The van der Waals surface area contributed by atoms with Crippen LogP contribution in [-0.2, 0) is 4.79 Å². The highest BCUT2D eigenvalue weighted by Crippen LogP contribution is 2.23. The third-order valence-electron chi connectivity index (χ3n) is 4.06. The number of hydrogen-bond acceptors (Lipinski definition) is 1. The van der Waals surface area contributed by atoms with Crippen LogP contribution in [0.2, 0.25) is 0 Å². The number of ketones is 1. The van der Waals surface area contributed by atoms with Gasteiger partial charge in [-0.3, -0.25) is 4.79 Å². The first-order valence-electron chi connectivity index (χ1n) is 8.20. The number of rotatable bonds is 12. The zero-order chi connectivity index (χ0) is 13.8. The summed E-state index contributed by atoms with van der Waals surface area (Å²) in [6, 6.07) is 0. The van der Waals surface area contributed by atoms with Gasteiger partial charge in [0.15, 0.2) is 0 Å². The fourth-order valence-corrected chi connectivity index (χ4v) is 2.49. The van der Waals surface area contributed by atoms with Gasteiger partial charge < -0.3 is 0 Å². The number of carbonyl (C=O) groups is 1. The maximum Gasteiger partial charge on any atom is 0.138 e. The van der Waals surface area contributed by atoms with Gasteiger partial charge in [0.05, 0.1) is 0 Å². The van der Waals surface area contributed by atoms with Gasteiger partial charge in [-0.1, -0.05) is 72.6 Å². The third-order valence-corrected chi connectivity index (χ3v) is 4.06. The average molecular weight is 254 g/mol. The zero-order valence-electron chi connectivity index (χ0n) is 13.1. The van der Waals surface area contributed by atoms with E-state index in [0.717, 1.165) is 19.3 Å². The molecule has 0 aromatic carbocycles. The van der Waals surface area contributed by atoms with E-state index >= 15 is 0 Å². The largest absolute Gasteiger partial charge is 0.299 e. The second kappa shape index (κ2) is 11.7. The van der Waals surface area contributed by atoms with Gasteiger partial charge in [-0.15, -0.1) is 0 Å². The molecule has 2 atom stereocenters. The molecule has 0 fully saturated rings. The second-order valence-electron chi connectivity index (χ2n) is 5.75. The van der Waals surface area contributed by atoms with Crippen LogP contribution in [0.5, 0.6) is 0 Å². The lowest BCUT2D eigenvalue weighted by Crippen LogP contribution is -2.21. The summed E-state index contributed by atoms with van der Waals surface area (Å²) >= 11 is 0. The number of hydrogen-bond donors (Lipinski definition) is 0. The van der Waals surface area contributed by atoms with E-state index in [1.807, 2.05) is 0 Å². The molecule has 0 bridgehead atoms. The molecule has 0 aliphatic carbocycles. The van der Waals surface area contributed by atoms with Gasteiger partial charge in [0.1, 0.15) is 5.78 Å². The van der Waals surface area contributed by atoms with E-state index in [2.05, 4.69) is 27.7 Å². The Morgan fingerprint density at radius 1 is 0.833 bits per heavy atom. The van der Waals surface area contributed by atoms with E-state index in [9.17, 15) is 4.79 Å². The Morgan fingerprint density at radius 3 is 1.83 bits per heavy atom. The maximum atomic E-state index is 12.3. The quantitative estimate of drug-likeness (QED) is 0.404. The highest BCUT2D eigenvalue weighted by atomic mass is 16.1. The molecule has 2 unspecified atom stereocenters. The van der Waals surface area contributed by atoms with Gasteiger partial charge in [0, 0.05) is 11.8 Å². The zero-order valence-corrected chi connectivity index (χ0v) is 13.1. The molecule has 0 saturated carbocycles. The number of carbonyl (C=O) groups excluding carboxylic acids is 1. The molecule has 0 amide bonds. The molecule has 108 valence electrons. The first-order valence-corrected chi connectivity index (χ1v) is 8.20. The van der Waals surface area contributed by atoms with Crippen LogP contribution >= 0.6 is 0 Å². The van der Waals surface area contributed by atoms with Crippen LogP contribution in [0.15, 0.2) is 0 Å². The van der Waals surface area contributed by atoms with E-state index in [1.165, 1.54) is 44.9 Å². The minimum Gasteiger partial charge on any atom is -0.299 e. The molecule has 0 aromatic rings. The molecule has 0 aliphatic rings. The van der Waals surface area contributed by atoms with Crippen molar-refractivity contribution in [1.29, 1.82) is 0 Å². The molecule has 1 heteroatoms. The molecule has 0 spiro atoms. The average Bonchev–Trinajstić information content (AvgIpc) is 2.40. The first kappa shape index (κ1) is 17.7. The molecule has 18 heavy (non-hydrogen) atoms. The summed E-state index contributed by atoms with van der Waals surface area (Å²) in [6.45, 7) is 8.69. The highest BCUT2D eigenvalue weighted by molar-refractivity contribution is 5.83. The lowest BCUT2D eigenvalue weighted by molar-refractivity contribution is -0.126. The molecule has 1 nitrogen and oxygen atoms in total. The van der Waals surface area contributed by atoms with Crippen molar-refractivity contribution >= 4 is 5.78 Å². The van der Waals surface area contributed by atoms with E-state index < -0.39 is 0 Å². The van der Waals surface area contributed by atoms with Crippen LogP contribution in [0.4, 0.5) is 0 Å². The summed E-state index contributed by atoms with van der Waals surface area (Å²) in [5, 5.41) is 0. The Morgan fingerprint density at radius 2 is 1.33 bits per heavy atom. The number of Topliss-reactive ketones (excluding diaryl/α,β-unsaturated/α-hetero) is 1. The van der Waals surface area contributed by atoms with Crippen LogP contribution in [0, 0.1) is 11.8 Å². The van der Waals surface area contributed by atoms with Crippen molar-refractivity contribution in [3.05, 3.63) is 0 Å². The monoisotopic (exact) mass is 254 g/mol. The molecule has 0 rings (SSSR count). The van der Waals surface area contributed by atoms with Crippen LogP contribution < -0.4 is 0 Å². The van der Waals surface area contributed by atoms with E-state index in [-0.39, 0.29) is 5.92 Å². The van der Waals surface area contributed by atoms with Crippen LogP contribution in [0.1, 0.15) is 91.9 Å². The Labute approximate surface area is 115 Å². The standard InChI is InChI=1S/C17H34O/c1-5-8-10-12-14-16(13-11-9-6-2)17(18)15(4)7-3/h15-16H,5-14H2,1-4H3. The van der Waals surface area contributed by atoms with E-state index in [1.54, 1.807) is 0 Å². The van der Waals surface area contributed by atoms with Crippen molar-refractivity contribution in [2.75, 3.05) is 0 Å². The van der Waals surface area contributed by atoms with Crippen molar-refractivity contribution < 1.29 is 4.79 Å². The minimum absolute atomic E-state index is 0.266. The molecule has 0 aliphatic heterocycles. The van der Waals surface area contributed by atoms with Crippen LogP contribution in [0.3, 0.4) is 0 Å². The van der Waals surface area contributed by atoms with E-state index in [4.69, 9.17) is 0 Å². The van der Waals surface area contributed by atoms with Gasteiger partial charge in [-0.05, 0) is 19.3 Å². The summed E-state index contributed by atoms with van der Waals surface area (Å²) < 4.78 is 0. The normalized spacial score (nSPS) is 14.4. The Bertz CT molecular complexity index is 198. The predicted octanol–water partition coefficient (Wildman–Crippen LogP) is 5.77. The van der Waals surface area contributed by atoms with E-state index in [0.29, 0.717) is 11.7 Å². The Hall–Kier alpha value is -0.330. The van der Waals surface area contributed by atoms with Gasteiger partial charge in [-0.2, -0.15) is 0 Å². The molecular weight excluding hydrogens is 220 g/mol. The smallest absolute Gasteiger partial charge is 0.138 e. The fourth-order valence-electron chi connectivity index (χ4n) is 2.49. The Balaban J connectivity index is 4.10. The highest BCUT2D eigenvalue weighted by Gasteiger charge is 2.21. The van der Waals surface area contributed by atoms with Gasteiger partial charge in [0.25, 0.3) is 0 Å². The third kappa shape index (κ3) is 7.89. The molecule has 0 aromatic heterocycles. The number of unbranched alkanes of at least 4 members (excludes halogenated alkanes) is 5. The lowest BCUT2D eigenvalue weighted by atomic mass is 9.85. The SMILES string of the molecule is CCCCCCC(CCCCC)C(=O)C(C)CC. The molecular formula is C17H34O. The maximum absolute atomic E-state index is 12.3. The topological polar surface area (TPSA) is 17.1 Å². The molecule has 0 saturated heterocycles.